The van der Waals surface area contributed by atoms with Crippen molar-refractivity contribution in [2.24, 2.45) is 34.5 Å². The van der Waals surface area contributed by atoms with E-state index in [1.807, 2.05) is 6.20 Å². The molecule has 31 heavy (non-hydrogen) atoms. The predicted octanol–water partition coefficient (Wildman–Crippen LogP) is 3.37. The van der Waals surface area contributed by atoms with Crippen molar-refractivity contribution in [2.45, 2.75) is 52.4 Å². The molecule has 2 saturated carbocycles. The summed E-state index contributed by atoms with van der Waals surface area (Å²) in [5.74, 6) is 2.39. The molecule has 5 rings (SSSR count). The number of hydrogen-bond donors (Lipinski definition) is 2. The Bertz CT molecular complexity index is 812. The van der Waals surface area contributed by atoms with Gasteiger partial charge in [0.2, 0.25) is 0 Å². The largest absolute Gasteiger partial charge is 0.396 e. The van der Waals surface area contributed by atoms with Crippen molar-refractivity contribution in [3.8, 4) is 0 Å². The van der Waals surface area contributed by atoms with Crippen LogP contribution in [0.5, 0.6) is 0 Å². The van der Waals surface area contributed by atoms with E-state index in [1.165, 1.54) is 75.2 Å². The number of piperazine rings is 1. The van der Waals surface area contributed by atoms with Crippen LogP contribution in [0.1, 0.15) is 50.8 Å². The van der Waals surface area contributed by atoms with Crippen molar-refractivity contribution < 1.29 is 5.11 Å². The maximum atomic E-state index is 10.5. The molecular formula is C26H42N4O. The van der Waals surface area contributed by atoms with Gasteiger partial charge in [-0.25, -0.2) is 0 Å². The number of nitrogens with zero attached hydrogens (tertiary/aromatic N) is 3. The quantitative estimate of drug-likeness (QED) is 0.725. The molecule has 5 heteroatoms. The molecule has 1 saturated heterocycles. The summed E-state index contributed by atoms with van der Waals surface area (Å²) in [5.41, 5.74) is 4.59. The molecule has 3 aliphatic carbocycles. The summed E-state index contributed by atoms with van der Waals surface area (Å²) in [6, 6.07) is 0. The highest BCUT2D eigenvalue weighted by atomic mass is 16.3. The fourth-order valence-electron chi connectivity index (χ4n) is 8.00. The van der Waals surface area contributed by atoms with E-state index in [4.69, 9.17) is 0 Å². The summed E-state index contributed by atoms with van der Waals surface area (Å²) in [4.78, 5) is 5.20. The lowest BCUT2D eigenvalue weighted by atomic mass is 9.49. The fourth-order valence-corrected chi connectivity index (χ4v) is 8.00. The monoisotopic (exact) mass is 426 g/mol. The zero-order chi connectivity index (χ0) is 21.8. The van der Waals surface area contributed by atoms with E-state index >= 15 is 0 Å². The third-order valence-electron chi connectivity index (χ3n) is 10.3. The molecule has 3 fully saturated rings. The third kappa shape index (κ3) is 3.52. The Kier molecular flexibility index (Phi) is 5.59. The minimum Gasteiger partial charge on any atom is -0.396 e. The Labute approximate surface area is 188 Å². The molecule has 4 unspecified atom stereocenters. The maximum absolute atomic E-state index is 10.5. The number of allylic oxidation sites excluding steroid dienone is 1. The van der Waals surface area contributed by atoms with Crippen LogP contribution in [-0.2, 0) is 12.8 Å². The zero-order valence-corrected chi connectivity index (χ0v) is 19.9. The number of H-pyrrole nitrogens is 1. The molecule has 4 aliphatic rings. The van der Waals surface area contributed by atoms with Crippen LogP contribution in [0.3, 0.4) is 0 Å². The molecule has 5 nitrogen and oxygen atoms in total. The van der Waals surface area contributed by atoms with Gasteiger partial charge in [0.15, 0.2) is 0 Å². The predicted molar refractivity (Wildman–Crippen MR) is 125 cm³/mol. The molecule has 0 bridgehead atoms. The molecule has 2 N–H and O–H groups in total. The Balaban J connectivity index is 1.47. The Hall–Kier alpha value is -1.17. The van der Waals surface area contributed by atoms with Gasteiger partial charge in [0.25, 0.3) is 0 Å². The van der Waals surface area contributed by atoms with Crippen LogP contribution < -0.4 is 0 Å². The summed E-state index contributed by atoms with van der Waals surface area (Å²) >= 11 is 0. The molecule has 0 aromatic carbocycles. The summed E-state index contributed by atoms with van der Waals surface area (Å²) in [5, 5.41) is 18.0. The highest BCUT2D eigenvalue weighted by Crippen LogP contribution is 2.63. The van der Waals surface area contributed by atoms with Gasteiger partial charge in [-0.05, 0) is 85.6 Å². The Morgan fingerprint density at radius 2 is 1.97 bits per heavy atom. The van der Waals surface area contributed by atoms with E-state index in [2.05, 4.69) is 47.5 Å². The van der Waals surface area contributed by atoms with Crippen LogP contribution in [-0.4, -0.2) is 71.5 Å². The van der Waals surface area contributed by atoms with E-state index in [1.54, 1.807) is 0 Å². The molecule has 1 aromatic rings. The van der Waals surface area contributed by atoms with Crippen LogP contribution >= 0.6 is 0 Å². The second-order valence-corrected chi connectivity index (χ2v) is 11.7. The lowest BCUT2D eigenvalue weighted by molar-refractivity contribution is -0.0693. The Morgan fingerprint density at radius 3 is 2.71 bits per heavy atom. The number of fused-ring (bicyclic) bond motifs is 2. The van der Waals surface area contributed by atoms with Gasteiger partial charge < -0.3 is 14.9 Å². The zero-order valence-electron chi connectivity index (χ0n) is 19.9. The number of likely N-dealkylation sites (N-methyl/N-ethyl adjacent to an activating group) is 1. The van der Waals surface area contributed by atoms with Gasteiger partial charge in [-0.3, -0.25) is 5.10 Å². The molecular weight excluding hydrogens is 384 g/mol. The van der Waals surface area contributed by atoms with Gasteiger partial charge in [0.05, 0.1) is 6.20 Å². The van der Waals surface area contributed by atoms with Crippen LogP contribution in [0.2, 0.25) is 0 Å². The van der Waals surface area contributed by atoms with Crippen LogP contribution in [0.4, 0.5) is 0 Å². The Morgan fingerprint density at radius 1 is 1.19 bits per heavy atom. The standard InChI is InChI=1S/C26H42N4O/c1-18-5-6-22-21(16-30-11-9-29(4)10-12-30)23(7-8-25(18,22)2)26(3)14-19-15-27-28-24(19)13-20(26)17-31/h15,20-23,31H,1,5-14,16-17H2,2-4H3,(H,27,28)/t20-,21?,22?,23?,25?,26+/m1/s1. The molecule has 0 radical (unpaired) electrons. The lowest BCUT2D eigenvalue weighted by Crippen LogP contribution is -2.55. The van der Waals surface area contributed by atoms with E-state index < -0.39 is 0 Å². The number of hydrogen-bond acceptors (Lipinski definition) is 4. The number of aromatic amines is 1. The smallest absolute Gasteiger partial charge is 0.0522 e. The first-order valence-electron chi connectivity index (χ1n) is 12.6. The molecule has 2 heterocycles. The molecule has 1 aromatic heterocycles. The number of rotatable bonds is 4. The first-order chi connectivity index (χ1) is 14.8. The molecule has 1 aliphatic heterocycles. The molecule has 6 atom stereocenters. The third-order valence-corrected chi connectivity index (χ3v) is 10.3. The number of aromatic nitrogens is 2. The van der Waals surface area contributed by atoms with Crippen LogP contribution in [0.15, 0.2) is 18.3 Å². The first kappa shape index (κ1) is 21.7. The lowest BCUT2D eigenvalue weighted by Gasteiger charge is -2.57. The average Bonchev–Trinajstić information content (AvgIpc) is 3.32. The van der Waals surface area contributed by atoms with Crippen molar-refractivity contribution in [1.82, 2.24) is 20.0 Å². The normalized spacial score (nSPS) is 41.9. The SMILES string of the molecule is C=C1CCC2C(CN3CCN(C)CC3)C([C@@]3(C)Cc4cn[nH]c4C[C@@H]3CO)CCC12C. The van der Waals surface area contributed by atoms with Crippen molar-refractivity contribution in [3.63, 3.8) is 0 Å². The van der Waals surface area contributed by atoms with E-state index in [9.17, 15) is 5.11 Å². The van der Waals surface area contributed by atoms with Crippen LogP contribution in [0.25, 0.3) is 0 Å². The van der Waals surface area contributed by atoms with E-state index in [0.29, 0.717) is 23.2 Å². The summed E-state index contributed by atoms with van der Waals surface area (Å²) in [6.07, 6.45) is 9.09. The number of nitrogens with one attached hydrogen (secondary N) is 1. The second-order valence-electron chi connectivity index (χ2n) is 11.7. The van der Waals surface area contributed by atoms with Gasteiger partial charge in [-0.15, -0.1) is 0 Å². The molecule has 0 amide bonds. The average molecular weight is 427 g/mol. The second kappa shape index (κ2) is 8.00. The minimum atomic E-state index is 0.133. The molecule has 172 valence electrons. The van der Waals surface area contributed by atoms with Crippen molar-refractivity contribution in [1.29, 1.82) is 0 Å². The van der Waals surface area contributed by atoms with Gasteiger partial charge in [0, 0.05) is 45.0 Å². The van der Waals surface area contributed by atoms with Crippen molar-refractivity contribution in [3.05, 3.63) is 29.6 Å². The fraction of sp³-hybridized carbons (Fsp3) is 0.808. The summed E-state index contributed by atoms with van der Waals surface area (Å²) in [6.45, 7) is 15.8. The number of aliphatic hydroxyl groups is 1. The number of aliphatic hydroxyl groups excluding tert-OH is 1. The summed E-state index contributed by atoms with van der Waals surface area (Å²) < 4.78 is 0. The van der Waals surface area contributed by atoms with E-state index in [0.717, 1.165) is 18.8 Å². The van der Waals surface area contributed by atoms with Crippen LogP contribution in [0, 0.1) is 34.5 Å². The minimum absolute atomic E-state index is 0.133. The topological polar surface area (TPSA) is 55.4 Å². The van der Waals surface area contributed by atoms with Crippen molar-refractivity contribution in [2.75, 3.05) is 46.4 Å². The first-order valence-corrected chi connectivity index (χ1v) is 12.6. The van der Waals surface area contributed by atoms with Crippen molar-refractivity contribution >= 4 is 0 Å². The van der Waals surface area contributed by atoms with Gasteiger partial charge in [-0.1, -0.05) is 26.0 Å². The molecule has 0 spiro atoms. The van der Waals surface area contributed by atoms with Gasteiger partial charge >= 0.3 is 0 Å². The highest BCUT2D eigenvalue weighted by Gasteiger charge is 2.57. The summed E-state index contributed by atoms with van der Waals surface area (Å²) in [7, 11) is 2.25. The highest BCUT2D eigenvalue weighted by molar-refractivity contribution is 5.26. The van der Waals surface area contributed by atoms with Gasteiger partial charge in [0.1, 0.15) is 0 Å². The van der Waals surface area contributed by atoms with E-state index in [-0.39, 0.29) is 12.0 Å². The maximum Gasteiger partial charge on any atom is 0.0522 e. The van der Waals surface area contributed by atoms with Gasteiger partial charge in [-0.2, -0.15) is 5.10 Å².